The van der Waals surface area contributed by atoms with Gasteiger partial charge in [0, 0.05) is 24.2 Å². The minimum Gasteiger partial charge on any atom is -0.494 e. The van der Waals surface area contributed by atoms with Gasteiger partial charge in [0.15, 0.2) is 0 Å². The summed E-state index contributed by atoms with van der Waals surface area (Å²) in [6, 6.07) is 16.4. The molecular formula is C24H26N4O4. The zero-order chi connectivity index (χ0) is 22.3. The number of nitrogens with zero attached hydrogens (tertiary/aromatic N) is 3. The highest BCUT2D eigenvalue weighted by molar-refractivity contribution is 6.03. The highest BCUT2D eigenvalue weighted by Crippen LogP contribution is 2.31. The maximum atomic E-state index is 12.6. The average Bonchev–Trinajstić information content (AvgIpc) is 3.44. The Morgan fingerprint density at radius 1 is 1.16 bits per heavy atom. The zero-order valence-electron chi connectivity index (χ0n) is 18.0. The molecule has 2 heterocycles. The molecule has 0 radical (unpaired) electrons. The molecule has 166 valence electrons. The Morgan fingerprint density at radius 2 is 2.00 bits per heavy atom. The van der Waals surface area contributed by atoms with Crippen LogP contribution in [0.5, 0.6) is 5.75 Å². The van der Waals surface area contributed by atoms with Crippen molar-refractivity contribution in [3.05, 3.63) is 66.1 Å². The molecule has 1 aromatic heterocycles. The molecule has 1 aliphatic rings. The lowest BCUT2D eigenvalue weighted by molar-refractivity contribution is -0.117. The van der Waals surface area contributed by atoms with E-state index in [1.807, 2.05) is 36.4 Å². The Bertz CT molecular complexity index is 1070. The molecule has 2 aromatic carbocycles. The van der Waals surface area contributed by atoms with Gasteiger partial charge in [0.25, 0.3) is 5.91 Å². The van der Waals surface area contributed by atoms with E-state index < -0.39 is 0 Å². The number of benzene rings is 2. The van der Waals surface area contributed by atoms with Gasteiger partial charge < -0.3 is 14.1 Å². The molecule has 4 rings (SSSR count). The summed E-state index contributed by atoms with van der Waals surface area (Å²) >= 11 is 0. The van der Waals surface area contributed by atoms with E-state index >= 15 is 0 Å². The number of para-hydroxylation sites is 1. The van der Waals surface area contributed by atoms with E-state index in [-0.39, 0.29) is 30.2 Å². The van der Waals surface area contributed by atoms with Crippen molar-refractivity contribution < 1.29 is 18.7 Å². The molecule has 1 fully saturated rings. The molecule has 1 atom stereocenters. The monoisotopic (exact) mass is 434 g/mol. The Balaban J connectivity index is 1.36. The van der Waals surface area contributed by atoms with Crippen LogP contribution in [-0.4, -0.2) is 35.2 Å². The molecule has 1 saturated heterocycles. The number of rotatable bonds is 9. The van der Waals surface area contributed by atoms with Gasteiger partial charge in [0.05, 0.1) is 12.5 Å². The van der Waals surface area contributed by atoms with Crippen molar-refractivity contribution in [2.45, 2.75) is 38.5 Å². The van der Waals surface area contributed by atoms with E-state index in [0.717, 1.165) is 24.9 Å². The predicted molar refractivity (Wildman–Crippen MR) is 120 cm³/mol. The van der Waals surface area contributed by atoms with Gasteiger partial charge in [-0.2, -0.15) is 0 Å². The first-order valence-electron chi connectivity index (χ1n) is 10.9. The molecule has 2 amide bonds. The summed E-state index contributed by atoms with van der Waals surface area (Å²) < 4.78 is 11.4. The van der Waals surface area contributed by atoms with Crippen molar-refractivity contribution in [1.29, 1.82) is 0 Å². The lowest BCUT2D eigenvalue weighted by atomic mass is 10.1. The number of unbranched alkanes of at least 4 members (excludes halogenated alkanes) is 2. The Morgan fingerprint density at radius 3 is 2.81 bits per heavy atom. The lowest BCUT2D eigenvalue weighted by Crippen LogP contribution is -2.24. The topological polar surface area (TPSA) is 97.6 Å². The third kappa shape index (κ3) is 5.14. The van der Waals surface area contributed by atoms with Crippen molar-refractivity contribution >= 4 is 23.5 Å². The molecule has 1 N–H and O–H groups in total. The maximum absolute atomic E-state index is 12.6. The molecule has 8 nitrogen and oxygen atoms in total. The smallest absolute Gasteiger partial charge is 0.322 e. The lowest BCUT2D eigenvalue weighted by Gasteiger charge is -2.15. The van der Waals surface area contributed by atoms with Crippen LogP contribution in [0.25, 0.3) is 0 Å². The Labute approximate surface area is 186 Å². The molecular weight excluding hydrogens is 408 g/mol. The summed E-state index contributed by atoms with van der Waals surface area (Å²) in [6.07, 6.45) is 3.48. The van der Waals surface area contributed by atoms with Gasteiger partial charge in [0.1, 0.15) is 5.75 Å². The highest BCUT2D eigenvalue weighted by atomic mass is 16.5. The molecule has 0 spiro atoms. The number of carbonyl (C=O) groups is 2. The number of aromatic nitrogens is 2. The maximum Gasteiger partial charge on any atom is 0.322 e. The zero-order valence-corrected chi connectivity index (χ0v) is 18.0. The van der Waals surface area contributed by atoms with Crippen molar-refractivity contribution in [1.82, 2.24) is 10.2 Å². The van der Waals surface area contributed by atoms with E-state index in [1.165, 1.54) is 0 Å². The third-order valence-corrected chi connectivity index (χ3v) is 5.32. The van der Waals surface area contributed by atoms with Crippen LogP contribution in [0, 0.1) is 0 Å². The Kier molecular flexibility index (Phi) is 6.79. The second kappa shape index (κ2) is 10.1. The van der Waals surface area contributed by atoms with Gasteiger partial charge in [-0.05, 0) is 36.8 Å². The number of hydrogen-bond donors (Lipinski definition) is 1. The number of carbonyl (C=O) groups excluding carboxylic acids is 2. The third-order valence-electron chi connectivity index (χ3n) is 5.32. The first kappa shape index (κ1) is 21.5. The fourth-order valence-corrected chi connectivity index (χ4v) is 3.62. The van der Waals surface area contributed by atoms with E-state index in [0.29, 0.717) is 30.4 Å². The van der Waals surface area contributed by atoms with Gasteiger partial charge in [-0.3, -0.25) is 14.9 Å². The van der Waals surface area contributed by atoms with Crippen LogP contribution >= 0.6 is 0 Å². The molecule has 0 saturated carbocycles. The largest absolute Gasteiger partial charge is 0.494 e. The highest BCUT2D eigenvalue weighted by Gasteiger charge is 2.35. The molecule has 3 aromatic rings. The van der Waals surface area contributed by atoms with Crippen molar-refractivity contribution in [3.8, 4) is 5.75 Å². The van der Waals surface area contributed by atoms with Gasteiger partial charge in [0.2, 0.25) is 11.8 Å². The fraction of sp³-hybridized carbons (Fsp3) is 0.333. The second-order valence-corrected chi connectivity index (χ2v) is 7.72. The van der Waals surface area contributed by atoms with Crippen LogP contribution in [0.15, 0.2) is 59.0 Å². The first-order valence-corrected chi connectivity index (χ1v) is 10.9. The predicted octanol–water partition coefficient (Wildman–Crippen LogP) is 4.41. The molecule has 1 unspecified atom stereocenters. The van der Waals surface area contributed by atoms with E-state index in [9.17, 15) is 9.59 Å². The van der Waals surface area contributed by atoms with Gasteiger partial charge >= 0.3 is 6.01 Å². The van der Waals surface area contributed by atoms with Crippen molar-refractivity contribution in [2.75, 3.05) is 23.4 Å². The number of hydrogen-bond acceptors (Lipinski definition) is 6. The SMILES string of the molecule is CCCCCOc1cccc(C(=O)Nc2nnc(C3CC(=O)N(c4ccccc4)C3)o2)c1. The number of amides is 2. The molecule has 32 heavy (non-hydrogen) atoms. The van der Waals surface area contributed by atoms with Crippen LogP contribution in [0.2, 0.25) is 0 Å². The van der Waals surface area contributed by atoms with Crippen LogP contribution < -0.4 is 15.0 Å². The first-order chi connectivity index (χ1) is 15.6. The summed E-state index contributed by atoms with van der Waals surface area (Å²) in [5, 5.41) is 10.6. The van der Waals surface area contributed by atoms with E-state index in [1.54, 1.807) is 23.1 Å². The van der Waals surface area contributed by atoms with Crippen LogP contribution in [0.1, 0.15) is 54.8 Å². The second-order valence-electron chi connectivity index (χ2n) is 7.72. The summed E-state index contributed by atoms with van der Waals surface area (Å²) in [5.41, 5.74) is 1.27. The Hall–Kier alpha value is -3.68. The summed E-state index contributed by atoms with van der Waals surface area (Å²) in [6.45, 7) is 3.21. The fourth-order valence-electron chi connectivity index (χ4n) is 3.62. The van der Waals surface area contributed by atoms with E-state index in [2.05, 4.69) is 22.4 Å². The van der Waals surface area contributed by atoms with Crippen LogP contribution in [-0.2, 0) is 4.79 Å². The van der Waals surface area contributed by atoms with Gasteiger partial charge in [-0.25, -0.2) is 0 Å². The standard InChI is InChI=1S/C24H26N4O4/c1-2-3-7-13-31-20-12-8-9-17(14-20)22(30)25-24-27-26-23(32-24)18-15-21(29)28(16-18)19-10-5-4-6-11-19/h4-6,8-12,14,18H,2-3,7,13,15-16H2,1H3,(H,25,27,30). The average molecular weight is 434 g/mol. The summed E-state index contributed by atoms with van der Waals surface area (Å²) in [5.74, 6) is 0.389. The van der Waals surface area contributed by atoms with Gasteiger partial charge in [-0.15, -0.1) is 5.10 Å². The van der Waals surface area contributed by atoms with Crippen molar-refractivity contribution in [3.63, 3.8) is 0 Å². The van der Waals surface area contributed by atoms with E-state index in [4.69, 9.17) is 9.15 Å². The van der Waals surface area contributed by atoms with Crippen LogP contribution in [0.3, 0.4) is 0 Å². The molecule has 0 aliphatic carbocycles. The summed E-state index contributed by atoms with van der Waals surface area (Å²) in [4.78, 5) is 26.7. The van der Waals surface area contributed by atoms with Crippen LogP contribution in [0.4, 0.5) is 11.7 Å². The molecule has 8 heteroatoms. The summed E-state index contributed by atoms with van der Waals surface area (Å²) in [7, 11) is 0. The number of nitrogens with one attached hydrogen (secondary N) is 1. The molecule has 1 aliphatic heterocycles. The van der Waals surface area contributed by atoms with Crippen molar-refractivity contribution in [2.24, 2.45) is 0 Å². The van der Waals surface area contributed by atoms with Gasteiger partial charge in [-0.1, -0.05) is 49.1 Å². The quantitative estimate of drug-likeness (QED) is 0.501. The number of ether oxygens (including phenoxy) is 1. The normalized spacial score (nSPS) is 15.7. The number of anilines is 2. The minimum atomic E-state index is -0.368. The molecule has 0 bridgehead atoms. The minimum absolute atomic E-state index is 0.000683.